The number of nitrogens with zero attached hydrogens (tertiary/aromatic N) is 2. The first kappa shape index (κ1) is 13.6. The normalized spacial score (nSPS) is 11.1. The molecule has 20 heavy (non-hydrogen) atoms. The van der Waals surface area contributed by atoms with E-state index >= 15 is 0 Å². The lowest BCUT2D eigenvalue weighted by Gasteiger charge is -2.16. The number of isocyanates is 2. The highest BCUT2D eigenvalue weighted by atomic mass is 16.1. The Morgan fingerprint density at radius 2 is 1.40 bits per heavy atom. The Morgan fingerprint density at radius 1 is 0.850 bits per heavy atom. The molecule has 1 atom stereocenters. The molecule has 0 N–H and O–H groups in total. The van der Waals surface area contributed by atoms with Crippen LogP contribution < -0.4 is 0 Å². The fraction of sp³-hybridized carbons (Fsp3) is 0.125. The first-order valence-electron chi connectivity index (χ1n) is 6.11. The lowest BCUT2D eigenvalue weighted by molar-refractivity contribution is 0.565. The molecule has 4 nitrogen and oxygen atoms in total. The van der Waals surface area contributed by atoms with E-state index in [0.29, 0.717) is 16.9 Å². The maximum atomic E-state index is 10.6. The zero-order valence-corrected chi connectivity index (χ0v) is 10.9. The maximum absolute atomic E-state index is 10.6. The van der Waals surface area contributed by atoms with Gasteiger partial charge >= 0.3 is 0 Å². The van der Waals surface area contributed by atoms with E-state index in [1.165, 1.54) is 12.2 Å². The van der Waals surface area contributed by atoms with Crippen LogP contribution in [0.25, 0.3) is 0 Å². The van der Waals surface area contributed by atoms with Gasteiger partial charge in [0.15, 0.2) is 0 Å². The van der Waals surface area contributed by atoms with Crippen molar-refractivity contribution < 1.29 is 9.59 Å². The standard InChI is InChI=1S/C16H12N2O2/c1-12(13-6-3-2-4-7-13)16-14(17-10-19)8-5-9-15(16)18-11-20/h2-9,12H,1H3. The summed E-state index contributed by atoms with van der Waals surface area (Å²) in [7, 11) is 0. The SMILES string of the molecule is CC(c1ccccc1)c1c(N=C=O)cccc1N=C=O. The van der Waals surface area contributed by atoms with Crippen LogP contribution in [0.5, 0.6) is 0 Å². The summed E-state index contributed by atoms with van der Waals surface area (Å²) in [6.45, 7) is 1.97. The minimum Gasteiger partial charge on any atom is -0.211 e. The van der Waals surface area contributed by atoms with Gasteiger partial charge in [-0.1, -0.05) is 43.3 Å². The second kappa shape index (κ2) is 6.39. The summed E-state index contributed by atoms with van der Waals surface area (Å²) in [5, 5.41) is 0. The van der Waals surface area contributed by atoms with Gasteiger partial charge in [-0.05, 0) is 17.7 Å². The molecule has 2 aromatic carbocycles. The predicted molar refractivity (Wildman–Crippen MR) is 76.0 cm³/mol. The predicted octanol–water partition coefficient (Wildman–Crippen LogP) is 3.77. The Labute approximate surface area is 116 Å². The molecule has 4 heteroatoms. The molecule has 0 aliphatic heterocycles. The second-order valence-corrected chi connectivity index (χ2v) is 4.25. The van der Waals surface area contributed by atoms with Gasteiger partial charge in [-0.15, -0.1) is 0 Å². The van der Waals surface area contributed by atoms with Gasteiger partial charge in [0, 0.05) is 11.5 Å². The van der Waals surface area contributed by atoms with E-state index in [2.05, 4.69) is 9.98 Å². The number of rotatable bonds is 4. The van der Waals surface area contributed by atoms with Crippen molar-refractivity contribution in [2.45, 2.75) is 12.8 Å². The molecule has 0 aliphatic carbocycles. The first-order valence-corrected chi connectivity index (χ1v) is 6.11. The summed E-state index contributed by atoms with van der Waals surface area (Å²) in [5.74, 6) is -0.0587. The van der Waals surface area contributed by atoms with Gasteiger partial charge in [-0.25, -0.2) is 9.59 Å². The van der Waals surface area contributed by atoms with Gasteiger partial charge in [0.2, 0.25) is 12.2 Å². The number of hydrogen-bond acceptors (Lipinski definition) is 4. The summed E-state index contributed by atoms with van der Waals surface area (Å²) in [5.41, 5.74) is 2.69. The molecule has 0 amide bonds. The van der Waals surface area contributed by atoms with Crippen molar-refractivity contribution >= 4 is 23.5 Å². The third kappa shape index (κ3) is 2.78. The van der Waals surface area contributed by atoms with E-state index in [1.54, 1.807) is 18.2 Å². The molecule has 0 heterocycles. The van der Waals surface area contributed by atoms with Crippen LogP contribution >= 0.6 is 0 Å². The average Bonchev–Trinajstić information content (AvgIpc) is 2.48. The van der Waals surface area contributed by atoms with Gasteiger partial charge in [0.05, 0.1) is 11.4 Å². The monoisotopic (exact) mass is 264 g/mol. The zero-order chi connectivity index (χ0) is 14.4. The highest BCUT2D eigenvalue weighted by molar-refractivity contribution is 5.68. The molecule has 0 saturated carbocycles. The van der Waals surface area contributed by atoms with Crippen LogP contribution in [0.15, 0.2) is 58.5 Å². The molecule has 0 aromatic heterocycles. The summed E-state index contributed by atoms with van der Waals surface area (Å²) in [6.07, 6.45) is 3.07. The Kier molecular flexibility index (Phi) is 4.35. The van der Waals surface area contributed by atoms with Gasteiger partial charge in [-0.2, -0.15) is 9.98 Å². The smallest absolute Gasteiger partial charge is 0.211 e. The molecule has 2 rings (SSSR count). The second-order valence-electron chi connectivity index (χ2n) is 4.25. The van der Waals surface area contributed by atoms with Crippen LogP contribution in [0.2, 0.25) is 0 Å². The van der Waals surface area contributed by atoms with Crippen molar-refractivity contribution in [3.63, 3.8) is 0 Å². The van der Waals surface area contributed by atoms with Crippen LogP contribution in [-0.4, -0.2) is 12.2 Å². The minimum atomic E-state index is -0.0587. The fourth-order valence-corrected chi connectivity index (χ4v) is 2.19. The van der Waals surface area contributed by atoms with Crippen LogP contribution in [-0.2, 0) is 9.59 Å². The average molecular weight is 264 g/mol. The van der Waals surface area contributed by atoms with E-state index in [-0.39, 0.29) is 5.92 Å². The quantitative estimate of drug-likeness (QED) is 0.623. The van der Waals surface area contributed by atoms with Crippen molar-refractivity contribution in [3.05, 3.63) is 59.7 Å². The Hall–Kier alpha value is -2.80. The summed E-state index contributed by atoms with van der Waals surface area (Å²) < 4.78 is 0. The van der Waals surface area contributed by atoms with Crippen LogP contribution in [0.4, 0.5) is 11.4 Å². The molecule has 2 aromatic rings. The molecular weight excluding hydrogens is 252 g/mol. The maximum Gasteiger partial charge on any atom is 0.240 e. The van der Waals surface area contributed by atoms with Crippen molar-refractivity contribution in [3.8, 4) is 0 Å². The Bertz CT molecular complexity index is 661. The zero-order valence-electron chi connectivity index (χ0n) is 10.9. The summed E-state index contributed by atoms with van der Waals surface area (Å²) >= 11 is 0. The topological polar surface area (TPSA) is 58.9 Å². The van der Waals surface area contributed by atoms with Crippen molar-refractivity contribution in [2.24, 2.45) is 9.98 Å². The lowest BCUT2D eigenvalue weighted by atomic mass is 9.90. The third-order valence-electron chi connectivity index (χ3n) is 3.12. The van der Waals surface area contributed by atoms with E-state index < -0.39 is 0 Å². The van der Waals surface area contributed by atoms with Crippen LogP contribution in [0.1, 0.15) is 24.0 Å². The van der Waals surface area contributed by atoms with Crippen molar-refractivity contribution in [2.75, 3.05) is 0 Å². The van der Waals surface area contributed by atoms with E-state index in [1.807, 2.05) is 37.3 Å². The first-order chi connectivity index (χ1) is 9.77. The molecular formula is C16H12N2O2. The molecule has 0 bridgehead atoms. The Morgan fingerprint density at radius 3 is 1.90 bits per heavy atom. The van der Waals surface area contributed by atoms with E-state index in [4.69, 9.17) is 0 Å². The molecule has 0 radical (unpaired) electrons. The van der Waals surface area contributed by atoms with Crippen molar-refractivity contribution in [1.82, 2.24) is 0 Å². The molecule has 1 unspecified atom stereocenters. The number of benzene rings is 2. The largest absolute Gasteiger partial charge is 0.240 e. The number of carbonyl (C=O) groups excluding carboxylic acids is 2. The summed E-state index contributed by atoms with van der Waals surface area (Å²) in [4.78, 5) is 28.5. The molecule has 0 spiro atoms. The van der Waals surface area contributed by atoms with E-state index in [0.717, 1.165) is 5.56 Å². The number of hydrogen-bond donors (Lipinski definition) is 0. The van der Waals surface area contributed by atoms with Crippen LogP contribution in [0, 0.1) is 0 Å². The summed E-state index contributed by atoms with van der Waals surface area (Å²) in [6, 6.07) is 14.8. The van der Waals surface area contributed by atoms with Gasteiger partial charge in [-0.3, -0.25) is 0 Å². The molecule has 0 aliphatic rings. The third-order valence-corrected chi connectivity index (χ3v) is 3.12. The van der Waals surface area contributed by atoms with Gasteiger partial charge in [0.1, 0.15) is 0 Å². The highest BCUT2D eigenvalue weighted by Crippen LogP contribution is 2.38. The molecule has 98 valence electrons. The Balaban J connectivity index is 2.64. The highest BCUT2D eigenvalue weighted by Gasteiger charge is 2.17. The molecule has 0 saturated heterocycles. The van der Waals surface area contributed by atoms with E-state index in [9.17, 15) is 9.59 Å². The minimum absolute atomic E-state index is 0.0587. The van der Waals surface area contributed by atoms with Crippen LogP contribution in [0.3, 0.4) is 0 Å². The number of aliphatic imine (C=N–C) groups is 2. The fourth-order valence-electron chi connectivity index (χ4n) is 2.19. The lowest BCUT2D eigenvalue weighted by Crippen LogP contribution is -1.97. The van der Waals surface area contributed by atoms with Gasteiger partial charge < -0.3 is 0 Å². The molecule has 0 fully saturated rings. The van der Waals surface area contributed by atoms with Crippen molar-refractivity contribution in [1.29, 1.82) is 0 Å². The van der Waals surface area contributed by atoms with Gasteiger partial charge in [0.25, 0.3) is 0 Å².